The van der Waals surface area contributed by atoms with E-state index in [-0.39, 0.29) is 0 Å². The number of rotatable bonds is 4. The van der Waals surface area contributed by atoms with Crippen LogP contribution < -0.4 is 10.1 Å². The predicted octanol–water partition coefficient (Wildman–Crippen LogP) is 5.63. The molecule has 0 unspecified atom stereocenters. The van der Waals surface area contributed by atoms with Crippen LogP contribution in [0.3, 0.4) is 0 Å². The number of ether oxygens (including phenoxy) is 1. The lowest BCUT2D eigenvalue weighted by Gasteiger charge is -2.08. The molecule has 0 saturated carbocycles. The van der Waals surface area contributed by atoms with Crippen LogP contribution in [-0.2, 0) is 0 Å². The Bertz CT molecular complexity index is 784. The number of methoxy groups -OCH3 is 1. The van der Waals surface area contributed by atoms with Gasteiger partial charge in [0.15, 0.2) is 5.13 Å². The van der Waals surface area contributed by atoms with Crippen molar-refractivity contribution in [3.63, 3.8) is 0 Å². The van der Waals surface area contributed by atoms with Gasteiger partial charge in [0.1, 0.15) is 5.75 Å². The lowest BCUT2D eigenvalue weighted by Crippen LogP contribution is -1.93. The van der Waals surface area contributed by atoms with Crippen molar-refractivity contribution in [1.82, 2.24) is 4.98 Å². The number of hydrogen-bond donors (Lipinski definition) is 1. The van der Waals surface area contributed by atoms with E-state index in [9.17, 15) is 0 Å². The second-order valence-corrected chi connectivity index (χ2v) is 6.87. The van der Waals surface area contributed by atoms with Gasteiger partial charge >= 0.3 is 0 Å². The van der Waals surface area contributed by atoms with Crippen molar-refractivity contribution >= 4 is 38.1 Å². The summed E-state index contributed by atoms with van der Waals surface area (Å²) in [7, 11) is 1.67. The summed E-state index contributed by atoms with van der Waals surface area (Å²) in [4.78, 5) is 5.90. The van der Waals surface area contributed by atoms with Crippen LogP contribution in [0.1, 0.15) is 4.88 Å². The summed E-state index contributed by atoms with van der Waals surface area (Å²) >= 11 is 5.10. The molecule has 1 aromatic heterocycles. The van der Waals surface area contributed by atoms with Gasteiger partial charge in [0.25, 0.3) is 0 Å². The number of benzene rings is 2. The Kier molecular flexibility index (Phi) is 4.45. The number of nitrogens with zero attached hydrogens (tertiary/aromatic N) is 1. The average molecular weight is 375 g/mol. The zero-order valence-corrected chi connectivity index (χ0v) is 14.7. The van der Waals surface area contributed by atoms with Crippen LogP contribution >= 0.6 is 27.3 Å². The number of para-hydroxylation sites is 2. The molecule has 3 aromatic rings. The number of nitrogens with one attached hydrogen (secondary N) is 1. The lowest BCUT2D eigenvalue weighted by molar-refractivity contribution is 0.417. The van der Waals surface area contributed by atoms with E-state index in [2.05, 4.69) is 40.3 Å². The molecule has 0 bridgehead atoms. The maximum absolute atomic E-state index is 5.36. The van der Waals surface area contributed by atoms with Gasteiger partial charge in [-0.1, -0.05) is 40.2 Å². The lowest BCUT2D eigenvalue weighted by atomic mass is 10.1. The van der Waals surface area contributed by atoms with Crippen molar-refractivity contribution < 1.29 is 4.74 Å². The van der Waals surface area contributed by atoms with Gasteiger partial charge < -0.3 is 10.1 Å². The molecule has 5 heteroatoms. The van der Waals surface area contributed by atoms with E-state index < -0.39 is 0 Å². The molecule has 0 atom stereocenters. The fourth-order valence-corrected chi connectivity index (χ4v) is 3.30. The van der Waals surface area contributed by atoms with Crippen molar-refractivity contribution in [1.29, 1.82) is 0 Å². The van der Waals surface area contributed by atoms with Crippen LogP contribution in [-0.4, -0.2) is 12.1 Å². The first-order chi connectivity index (χ1) is 10.7. The van der Waals surface area contributed by atoms with Crippen LogP contribution in [0.2, 0.25) is 0 Å². The van der Waals surface area contributed by atoms with E-state index in [0.717, 1.165) is 32.3 Å². The summed E-state index contributed by atoms with van der Waals surface area (Å²) in [5.41, 5.74) is 3.04. The van der Waals surface area contributed by atoms with Crippen molar-refractivity contribution in [3.8, 4) is 17.0 Å². The summed E-state index contributed by atoms with van der Waals surface area (Å²) < 4.78 is 6.43. The molecule has 1 N–H and O–H groups in total. The molecule has 0 radical (unpaired) electrons. The number of thiazole rings is 1. The van der Waals surface area contributed by atoms with Crippen LogP contribution in [0, 0.1) is 6.92 Å². The third kappa shape index (κ3) is 3.15. The van der Waals surface area contributed by atoms with Gasteiger partial charge in [0.05, 0.1) is 18.5 Å². The second kappa shape index (κ2) is 6.50. The molecule has 0 aliphatic rings. The van der Waals surface area contributed by atoms with Crippen molar-refractivity contribution in [2.75, 3.05) is 12.4 Å². The summed E-state index contributed by atoms with van der Waals surface area (Å²) in [5, 5.41) is 4.20. The van der Waals surface area contributed by atoms with Gasteiger partial charge in [0.2, 0.25) is 0 Å². The quantitative estimate of drug-likeness (QED) is 0.641. The summed E-state index contributed by atoms with van der Waals surface area (Å²) in [6.45, 7) is 2.09. The van der Waals surface area contributed by atoms with E-state index in [4.69, 9.17) is 9.72 Å². The Hall–Kier alpha value is -1.85. The summed E-state index contributed by atoms with van der Waals surface area (Å²) in [5.74, 6) is 0.806. The van der Waals surface area contributed by atoms with E-state index in [1.807, 2.05) is 36.4 Å². The fraction of sp³-hybridized carbons (Fsp3) is 0.118. The smallest absolute Gasteiger partial charge is 0.188 e. The Labute approximate surface area is 142 Å². The average Bonchev–Trinajstić information content (AvgIpc) is 2.89. The van der Waals surface area contributed by atoms with Crippen molar-refractivity contribution in [2.24, 2.45) is 0 Å². The van der Waals surface area contributed by atoms with E-state index in [1.54, 1.807) is 18.4 Å². The molecule has 3 rings (SSSR count). The molecule has 2 aromatic carbocycles. The second-order valence-electron chi connectivity index (χ2n) is 4.76. The topological polar surface area (TPSA) is 34.1 Å². The monoisotopic (exact) mass is 374 g/mol. The molecule has 0 fully saturated rings. The highest BCUT2D eigenvalue weighted by molar-refractivity contribution is 9.10. The van der Waals surface area contributed by atoms with Crippen molar-refractivity contribution in [2.45, 2.75) is 6.92 Å². The van der Waals surface area contributed by atoms with Gasteiger partial charge in [-0.15, -0.1) is 11.3 Å². The summed E-state index contributed by atoms with van der Waals surface area (Å²) in [6.07, 6.45) is 0. The molecule has 22 heavy (non-hydrogen) atoms. The zero-order chi connectivity index (χ0) is 15.5. The fourth-order valence-electron chi connectivity index (χ4n) is 2.19. The Morgan fingerprint density at radius 3 is 2.55 bits per heavy atom. The molecule has 0 spiro atoms. The molecule has 0 saturated heterocycles. The van der Waals surface area contributed by atoms with E-state index in [1.165, 1.54) is 4.88 Å². The molecular weight excluding hydrogens is 360 g/mol. The van der Waals surface area contributed by atoms with Gasteiger partial charge in [-0.2, -0.15) is 0 Å². The highest BCUT2D eigenvalue weighted by atomic mass is 79.9. The molecule has 0 aliphatic heterocycles. The maximum atomic E-state index is 5.36. The number of anilines is 2. The first-order valence-electron chi connectivity index (χ1n) is 6.81. The van der Waals surface area contributed by atoms with Crippen LogP contribution in [0.15, 0.2) is 53.0 Å². The number of hydrogen-bond acceptors (Lipinski definition) is 4. The van der Waals surface area contributed by atoms with Gasteiger partial charge in [-0.05, 0) is 31.2 Å². The van der Waals surface area contributed by atoms with Gasteiger partial charge in [-0.25, -0.2) is 4.98 Å². The Balaban J connectivity index is 1.90. The maximum Gasteiger partial charge on any atom is 0.188 e. The molecule has 3 nitrogen and oxygen atoms in total. The highest BCUT2D eigenvalue weighted by Crippen LogP contribution is 2.34. The van der Waals surface area contributed by atoms with Crippen molar-refractivity contribution in [3.05, 3.63) is 57.9 Å². The summed E-state index contributed by atoms with van der Waals surface area (Å²) in [6, 6.07) is 16.0. The molecule has 112 valence electrons. The van der Waals surface area contributed by atoms with Crippen LogP contribution in [0.5, 0.6) is 5.75 Å². The normalized spacial score (nSPS) is 10.5. The molecule has 1 heterocycles. The third-order valence-corrected chi connectivity index (χ3v) is 4.68. The SMILES string of the molecule is COc1ccccc1Nc1nc(-c2ccc(Br)cc2)c(C)s1. The third-order valence-electron chi connectivity index (χ3n) is 3.26. The largest absolute Gasteiger partial charge is 0.495 e. The Morgan fingerprint density at radius 2 is 1.82 bits per heavy atom. The van der Waals surface area contributed by atoms with Gasteiger partial charge in [0, 0.05) is 14.9 Å². The number of aromatic nitrogens is 1. The standard InChI is InChI=1S/C17H15BrN2OS/c1-11-16(12-7-9-13(18)10-8-12)20-17(22-11)19-14-5-3-4-6-15(14)21-2/h3-10H,1-2H3,(H,19,20). The van der Waals surface area contributed by atoms with Gasteiger partial charge in [-0.3, -0.25) is 0 Å². The van der Waals surface area contributed by atoms with Crippen LogP contribution in [0.25, 0.3) is 11.3 Å². The number of aryl methyl sites for hydroxylation is 1. The minimum absolute atomic E-state index is 0.806. The van der Waals surface area contributed by atoms with E-state index >= 15 is 0 Å². The first-order valence-corrected chi connectivity index (χ1v) is 8.42. The van der Waals surface area contributed by atoms with E-state index in [0.29, 0.717) is 0 Å². The highest BCUT2D eigenvalue weighted by Gasteiger charge is 2.11. The molecule has 0 aliphatic carbocycles. The minimum atomic E-state index is 0.806. The Morgan fingerprint density at radius 1 is 1.09 bits per heavy atom. The predicted molar refractivity (Wildman–Crippen MR) is 96.3 cm³/mol. The minimum Gasteiger partial charge on any atom is -0.495 e. The molecular formula is C17H15BrN2OS. The molecule has 0 amide bonds. The number of halogens is 1. The van der Waals surface area contributed by atoms with Crippen LogP contribution in [0.4, 0.5) is 10.8 Å². The zero-order valence-electron chi connectivity index (χ0n) is 12.3. The first kappa shape index (κ1) is 15.1.